The first-order valence-electron chi connectivity index (χ1n) is 8.89. The minimum Gasteiger partial charge on any atom is -0.351 e. The molecule has 1 aromatic carbocycles. The Hall–Kier alpha value is -2.67. The smallest absolute Gasteiger partial charge is 0.253 e. The highest BCUT2D eigenvalue weighted by Crippen LogP contribution is 2.17. The van der Waals surface area contributed by atoms with Gasteiger partial charge in [-0.25, -0.2) is 4.98 Å². The summed E-state index contributed by atoms with van der Waals surface area (Å²) in [6.07, 6.45) is 5.43. The van der Waals surface area contributed by atoms with Crippen LogP contribution in [0.15, 0.2) is 36.8 Å². The quantitative estimate of drug-likeness (QED) is 0.848. The molecule has 26 heavy (non-hydrogen) atoms. The molecule has 1 aromatic heterocycles. The number of imidazole rings is 1. The van der Waals surface area contributed by atoms with Gasteiger partial charge in [0.25, 0.3) is 5.91 Å². The number of hydrogen-bond donors (Lipinski definition) is 2. The molecule has 2 aromatic rings. The Labute approximate surface area is 153 Å². The molecule has 0 atom stereocenters. The van der Waals surface area contributed by atoms with E-state index in [1.54, 1.807) is 6.33 Å². The van der Waals surface area contributed by atoms with Gasteiger partial charge in [-0.3, -0.25) is 9.59 Å². The Balaban J connectivity index is 1.73. The number of amides is 2. The van der Waals surface area contributed by atoms with E-state index in [4.69, 9.17) is 0 Å². The highest BCUT2D eigenvalue weighted by molar-refractivity contribution is 5.98. The van der Waals surface area contributed by atoms with Crippen LogP contribution in [0.5, 0.6) is 0 Å². The van der Waals surface area contributed by atoms with E-state index in [9.17, 15) is 9.59 Å². The molecule has 7 nitrogen and oxygen atoms in total. The highest BCUT2D eigenvalue weighted by atomic mass is 16.2. The van der Waals surface area contributed by atoms with E-state index < -0.39 is 0 Å². The minimum atomic E-state index is -0.0996. The molecule has 2 N–H and O–H groups in total. The van der Waals surface area contributed by atoms with Crippen molar-refractivity contribution >= 4 is 11.8 Å². The van der Waals surface area contributed by atoms with Crippen LogP contribution in [0.25, 0.3) is 5.69 Å². The Morgan fingerprint density at radius 2 is 1.96 bits per heavy atom. The largest absolute Gasteiger partial charge is 0.351 e. The molecule has 0 spiro atoms. The van der Waals surface area contributed by atoms with Crippen molar-refractivity contribution in [3.8, 4) is 5.69 Å². The normalized spacial score (nSPS) is 15.6. The van der Waals surface area contributed by atoms with Crippen LogP contribution in [0.2, 0.25) is 0 Å². The summed E-state index contributed by atoms with van der Waals surface area (Å²) in [6, 6.07) is 7.70. The molecule has 1 aliphatic rings. The van der Waals surface area contributed by atoms with Crippen molar-refractivity contribution in [2.75, 3.05) is 20.1 Å². The average Bonchev–Trinajstić information content (AvgIpc) is 3.11. The minimum absolute atomic E-state index is 0.0627. The summed E-state index contributed by atoms with van der Waals surface area (Å²) in [6.45, 7) is 3.84. The lowest BCUT2D eigenvalue weighted by Gasteiger charge is -2.29. The summed E-state index contributed by atoms with van der Waals surface area (Å²) < 4.78 is 1.82. The van der Waals surface area contributed by atoms with E-state index in [2.05, 4.69) is 27.6 Å². The Bertz CT molecular complexity index is 778. The Morgan fingerprint density at radius 1 is 1.23 bits per heavy atom. The van der Waals surface area contributed by atoms with Crippen LogP contribution in [0.1, 0.15) is 35.8 Å². The van der Waals surface area contributed by atoms with Gasteiger partial charge in [-0.05, 0) is 45.1 Å². The first-order chi connectivity index (χ1) is 12.5. The number of nitrogens with one attached hydrogen (secondary N) is 2. The molecule has 138 valence electrons. The van der Waals surface area contributed by atoms with E-state index in [-0.39, 0.29) is 17.9 Å². The third-order valence-corrected chi connectivity index (χ3v) is 4.64. The lowest BCUT2D eigenvalue weighted by molar-refractivity contribution is -0.119. The average molecular weight is 355 g/mol. The van der Waals surface area contributed by atoms with Crippen molar-refractivity contribution in [1.29, 1.82) is 0 Å². The van der Waals surface area contributed by atoms with Crippen LogP contribution in [-0.2, 0) is 11.3 Å². The molecular formula is C19H25N5O2. The van der Waals surface area contributed by atoms with Crippen molar-refractivity contribution in [2.45, 2.75) is 32.4 Å². The van der Waals surface area contributed by atoms with Gasteiger partial charge in [0.15, 0.2) is 0 Å². The molecular weight excluding hydrogens is 330 g/mol. The number of nitrogens with zero attached hydrogens (tertiary/aromatic N) is 3. The van der Waals surface area contributed by atoms with Crippen molar-refractivity contribution in [1.82, 2.24) is 25.1 Å². The van der Waals surface area contributed by atoms with Gasteiger partial charge in [0, 0.05) is 19.2 Å². The van der Waals surface area contributed by atoms with Gasteiger partial charge < -0.3 is 20.1 Å². The maximum absolute atomic E-state index is 12.8. The van der Waals surface area contributed by atoms with Gasteiger partial charge in [0.05, 0.1) is 29.8 Å². The summed E-state index contributed by atoms with van der Waals surface area (Å²) in [5.74, 6) is -0.162. The van der Waals surface area contributed by atoms with Crippen LogP contribution in [-0.4, -0.2) is 52.4 Å². The number of rotatable bonds is 5. The molecule has 1 fully saturated rings. The van der Waals surface area contributed by atoms with Crippen LogP contribution >= 0.6 is 0 Å². The number of aromatic nitrogens is 2. The molecule has 0 radical (unpaired) electrons. The zero-order chi connectivity index (χ0) is 18.5. The zero-order valence-corrected chi connectivity index (χ0v) is 15.2. The maximum atomic E-state index is 12.8. The summed E-state index contributed by atoms with van der Waals surface area (Å²) in [4.78, 5) is 30.4. The molecule has 7 heteroatoms. The molecule has 2 heterocycles. The molecule has 2 amide bonds. The third kappa shape index (κ3) is 4.49. The number of hydrogen-bond acceptors (Lipinski definition) is 4. The van der Waals surface area contributed by atoms with Crippen LogP contribution in [0, 0.1) is 0 Å². The summed E-state index contributed by atoms with van der Waals surface area (Å²) >= 11 is 0. The Kier molecular flexibility index (Phi) is 5.68. The Morgan fingerprint density at radius 3 is 2.69 bits per heavy atom. The summed E-state index contributed by atoms with van der Waals surface area (Å²) in [5, 5.41) is 5.88. The fourth-order valence-electron chi connectivity index (χ4n) is 3.11. The number of carbonyl (C=O) groups is 2. The predicted molar refractivity (Wildman–Crippen MR) is 99.1 cm³/mol. The molecule has 0 unspecified atom stereocenters. The highest BCUT2D eigenvalue weighted by Gasteiger charge is 2.20. The van der Waals surface area contributed by atoms with Gasteiger partial charge in [-0.2, -0.15) is 0 Å². The first-order valence-corrected chi connectivity index (χ1v) is 8.89. The second-order valence-corrected chi connectivity index (χ2v) is 6.75. The molecule has 0 saturated carbocycles. The lowest BCUT2D eigenvalue weighted by atomic mass is 10.0. The van der Waals surface area contributed by atoms with Gasteiger partial charge in [-0.1, -0.05) is 12.1 Å². The number of para-hydroxylation sites is 1. The van der Waals surface area contributed by atoms with Gasteiger partial charge in [0.1, 0.15) is 0 Å². The number of benzene rings is 1. The van der Waals surface area contributed by atoms with E-state index in [1.807, 2.05) is 35.0 Å². The third-order valence-electron chi connectivity index (χ3n) is 4.64. The van der Waals surface area contributed by atoms with Crippen molar-refractivity contribution < 1.29 is 9.59 Å². The van der Waals surface area contributed by atoms with Gasteiger partial charge >= 0.3 is 0 Å². The second kappa shape index (κ2) is 8.14. The predicted octanol–water partition coefficient (Wildman–Crippen LogP) is 1.33. The first kappa shape index (κ1) is 18.1. The standard InChI is InChI=1S/C19H25N5O2/c1-14(25)20-11-16-12-24(13-21-16)18-6-4-3-5-17(18)19(26)22-15-7-9-23(2)10-8-15/h3-6,12-13,15H,7-11H2,1-2H3,(H,20,25)(H,22,26). The van der Waals surface area contributed by atoms with Crippen LogP contribution in [0.3, 0.4) is 0 Å². The molecule has 0 aliphatic carbocycles. The van der Waals surface area contributed by atoms with Crippen LogP contribution in [0.4, 0.5) is 0 Å². The number of carbonyl (C=O) groups excluding carboxylic acids is 2. The fraction of sp³-hybridized carbons (Fsp3) is 0.421. The van der Waals surface area contributed by atoms with Crippen LogP contribution < -0.4 is 10.6 Å². The zero-order valence-electron chi connectivity index (χ0n) is 15.2. The van der Waals surface area contributed by atoms with E-state index in [0.29, 0.717) is 12.1 Å². The van der Waals surface area contributed by atoms with E-state index in [0.717, 1.165) is 37.3 Å². The molecule has 1 aliphatic heterocycles. The van der Waals surface area contributed by atoms with Gasteiger partial charge in [0.2, 0.25) is 5.91 Å². The molecule has 0 bridgehead atoms. The van der Waals surface area contributed by atoms with Crippen molar-refractivity contribution in [3.63, 3.8) is 0 Å². The summed E-state index contributed by atoms with van der Waals surface area (Å²) in [5.41, 5.74) is 2.14. The second-order valence-electron chi connectivity index (χ2n) is 6.75. The lowest BCUT2D eigenvalue weighted by Crippen LogP contribution is -2.43. The van der Waals surface area contributed by atoms with Crippen molar-refractivity contribution in [3.05, 3.63) is 48.0 Å². The van der Waals surface area contributed by atoms with E-state index >= 15 is 0 Å². The molecule has 3 rings (SSSR count). The number of likely N-dealkylation sites (tertiary alicyclic amines) is 1. The maximum Gasteiger partial charge on any atom is 0.253 e. The van der Waals surface area contributed by atoms with Crippen molar-refractivity contribution in [2.24, 2.45) is 0 Å². The fourth-order valence-corrected chi connectivity index (χ4v) is 3.11. The molecule has 1 saturated heterocycles. The van der Waals surface area contributed by atoms with Gasteiger partial charge in [-0.15, -0.1) is 0 Å². The SMILES string of the molecule is CC(=O)NCc1cn(-c2ccccc2C(=O)NC2CCN(C)CC2)cn1. The monoisotopic (exact) mass is 355 g/mol. The number of piperidine rings is 1. The summed E-state index contributed by atoms with van der Waals surface area (Å²) in [7, 11) is 2.10. The van der Waals surface area contributed by atoms with E-state index in [1.165, 1.54) is 6.92 Å². The topological polar surface area (TPSA) is 79.3 Å².